The van der Waals surface area contributed by atoms with Gasteiger partial charge in [-0.15, -0.1) is 11.3 Å². The van der Waals surface area contributed by atoms with Gasteiger partial charge in [0.25, 0.3) is 0 Å². The van der Waals surface area contributed by atoms with Gasteiger partial charge in [-0.1, -0.05) is 11.6 Å². The molecule has 1 N–H and O–H groups in total. The van der Waals surface area contributed by atoms with Crippen LogP contribution in [0.25, 0.3) is 0 Å². The lowest BCUT2D eigenvalue weighted by molar-refractivity contribution is -0.146. The van der Waals surface area contributed by atoms with Crippen molar-refractivity contribution in [3.63, 3.8) is 0 Å². The molecule has 2 amide bonds. The van der Waals surface area contributed by atoms with E-state index in [1.807, 2.05) is 11.4 Å². The van der Waals surface area contributed by atoms with Gasteiger partial charge in [-0.2, -0.15) is 0 Å². The number of anilines is 1. The molecule has 1 aromatic carbocycles. The van der Waals surface area contributed by atoms with Crippen LogP contribution in [0.1, 0.15) is 16.5 Å². The SMILES string of the molecule is COC(=O)C1c2ccsc2CCN1C(=O)Nc1ccc(Cl)cc1. The van der Waals surface area contributed by atoms with Crippen molar-refractivity contribution in [2.24, 2.45) is 0 Å². The summed E-state index contributed by atoms with van der Waals surface area (Å²) in [6.07, 6.45) is 0.731. The number of halogens is 1. The first-order valence-electron chi connectivity index (χ1n) is 7.07. The van der Waals surface area contributed by atoms with E-state index in [-0.39, 0.29) is 6.03 Å². The van der Waals surface area contributed by atoms with Crippen molar-refractivity contribution in [2.45, 2.75) is 12.5 Å². The molecule has 2 aromatic rings. The van der Waals surface area contributed by atoms with Crippen molar-refractivity contribution in [2.75, 3.05) is 19.0 Å². The molecular weight excluding hydrogens is 336 g/mol. The van der Waals surface area contributed by atoms with Crippen LogP contribution in [0.5, 0.6) is 0 Å². The van der Waals surface area contributed by atoms with Crippen LogP contribution in [-0.4, -0.2) is 30.6 Å². The van der Waals surface area contributed by atoms with E-state index in [1.165, 1.54) is 12.0 Å². The Morgan fingerprint density at radius 1 is 1.30 bits per heavy atom. The molecule has 0 saturated heterocycles. The van der Waals surface area contributed by atoms with E-state index in [2.05, 4.69) is 5.32 Å². The first kappa shape index (κ1) is 15.8. The summed E-state index contributed by atoms with van der Waals surface area (Å²) in [7, 11) is 1.33. The third kappa shape index (κ3) is 3.18. The standard InChI is InChI=1S/C16H15ClN2O3S/c1-22-15(20)14-12-7-9-23-13(12)6-8-19(14)16(21)18-11-4-2-10(17)3-5-11/h2-5,7,9,14H,6,8H2,1H3,(H,18,21). The molecule has 3 rings (SSSR count). The quantitative estimate of drug-likeness (QED) is 0.840. The Hall–Kier alpha value is -2.05. The number of rotatable bonds is 2. The monoisotopic (exact) mass is 350 g/mol. The lowest BCUT2D eigenvalue weighted by Crippen LogP contribution is -2.45. The van der Waals surface area contributed by atoms with E-state index in [9.17, 15) is 9.59 Å². The number of fused-ring (bicyclic) bond motifs is 1. The number of esters is 1. The van der Waals surface area contributed by atoms with Gasteiger partial charge in [-0.05, 0) is 47.7 Å². The topological polar surface area (TPSA) is 58.6 Å². The van der Waals surface area contributed by atoms with Crippen molar-refractivity contribution in [3.05, 3.63) is 51.2 Å². The summed E-state index contributed by atoms with van der Waals surface area (Å²) >= 11 is 7.44. The summed E-state index contributed by atoms with van der Waals surface area (Å²) in [5.74, 6) is -0.435. The van der Waals surface area contributed by atoms with Crippen LogP contribution in [0.3, 0.4) is 0 Å². The van der Waals surface area contributed by atoms with E-state index in [4.69, 9.17) is 16.3 Å². The Labute approximate surface area is 142 Å². The molecule has 23 heavy (non-hydrogen) atoms. The highest BCUT2D eigenvalue weighted by Gasteiger charge is 2.37. The van der Waals surface area contributed by atoms with Crippen LogP contribution in [0.4, 0.5) is 10.5 Å². The number of methoxy groups -OCH3 is 1. The number of amides is 2. The minimum atomic E-state index is -0.706. The second-order valence-electron chi connectivity index (χ2n) is 5.11. The summed E-state index contributed by atoms with van der Waals surface area (Å²) in [6.45, 7) is 0.465. The minimum Gasteiger partial charge on any atom is -0.467 e. The van der Waals surface area contributed by atoms with E-state index in [0.29, 0.717) is 17.3 Å². The van der Waals surface area contributed by atoms with E-state index in [0.717, 1.165) is 16.9 Å². The van der Waals surface area contributed by atoms with Gasteiger partial charge in [-0.25, -0.2) is 9.59 Å². The van der Waals surface area contributed by atoms with Crippen molar-refractivity contribution in [1.82, 2.24) is 4.90 Å². The van der Waals surface area contributed by atoms with Gasteiger partial charge in [0.05, 0.1) is 7.11 Å². The molecule has 0 fully saturated rings. The number of benzene rings is 1. The summed E-state index contributed by atoms with van der Waals surface area (Å²) in [5.41, 5.74) is 1.47. The molecule has 5 nitrogen and oxygen atoms in total. The average Bonchev–Trinajstić information content (AvgIpc) is 3.03. The summed E-state index contributed by atoms with van der Waals surface area (Å²) in [6, 6.07) is 7.66. The van der Waals surface area contributed by atoms with Gasteiger partial charge in [0.1, 0.15) is 0 Å². The predicted molar refractivity (Wildman–Crippen MR) is 90.0 cm³/mol. The molecule has 2 heterocycles. The molecule has 0 bridgehead atoms. The largest absolute Gasteiger partial charge is 0.467 e. The Balaban J connectivity index is 1.84. The third-order valence-electron chi connectivity index (χ3n) is 3.75. The minimum absolute atomic E-state index is 0.334. The van der Waals surface area contributed by atoms with Crippen LogP contribution in [0.15, 0.2) is 35.7 Å². The lowest BCUT2D eigenvalue weighted by Gasteiger charge is -2.33. The zero-order valence-electron chi connectivity index (χ0n) is 12.4. The highest BCUT2D eigenvalue weighted by molar-refractivity contribution is 7.10. The second kappa shape index (κ2) is 6.60. The highest BCUT2D eigenvalue weighted by Crippen LogP contribution is 2.34. The number of thiophene rings is 1. The number of nitrogens with zero attached hydrogens (tertiary/aromatic N) is 1. The third-order valence-corrected chi connectivity index (χ3v) is 5.00. The van der Waals surface area contributed by atoms with Crippen molar-refractivity contribution < 1.29 is 14.3 Å². The number of ether oxygens (including phenoxy) is 1. The van der Waals surface area contributed by atoms with Gasteiger partial charge in [0.15, 0.2) is 6.04 Å². The molecule has 1 aliphatic heterocycles. The number of carbonyl (C=O) groups excluding carboxylic acids is 2. The van der Waals surface area contributed by atoms with Gasteiger partial charge in [0, 0.05) is 22.1 Å². The van der Waals surface area contributed by atoms with Crippen LogP contribution >= 0.6 is 22.9 Å². The molecule has 1 unspecified atom stereocenters. The van der Waals surface area contributed by atoms with Crippen LogP contribution in [0, 0.1) is 0 Å². The second-order valence-corrected chi connectivity index (χ2v) is 6.54. The number of hydrogen-bond acceptors (Lipinski definition) is 4. The van der Waals surface area contributed by atoms with Gasteiger partial charge in [-0.3, -0.25) is 0 Å². The average molecular weight is 351 g/mol. The number of nitrogens with one attached hydrogen (secondary N) is 1. The summed E-state index contributed by atoms with van der Waals surface area (Å²) < 4.78 is 4.89. The fourth-order valence-electron chi connectivity index (χ4n) is 2.63. The zero-order chi connectivity index (χ0) is 16.4. The lowest BCUT2D eigenvalue weighted by atomic mass is 10.0. The molecule has 0 saturated carbocycles. The molecule has 0 radical (unpaired) electrons. The molecule has 0 aliphatic carbocycles. The Bertz CT molecular complexity index is 729. The highest BCUT2D eigenvalue weighted by atomic mass is 35.5. The number of carbonyl (C=O) groups is 2. The summed E-state index contributed by atoms with van der Waals surface area (Å²) in [4.78, 5) is 27.4. The fourth-order valence-corrected chi connectivity index (χ4v) is 3.66. The van der Waals surface area contributed by atoms with Gasteiger partial charge in [0.2, 0.25) is 0 Å². The van der Waals surface area contributed by atoms with Gasteiger partial charge >= 0.3 is 12.0 Å². The smallest absolute Gasteiger partial charge is 0.333 e. The molecular formula is C16H15ClN2O3S. The van der Waals surface area contributed by atoms with E-state index >= 15 is 0 Å². The van der Waals surface area contributed by atoms with E-state index < -0.39 is 12.0 Å². The number of urea groups is 1. The maximum Gasteiger partial charge on any atom is 0.333 e. The molecule has 1 aromatic heterocycles. The molecule has 0 spiro atoms. The van der Waals surface area contributed by atoms with Crippen LogP contribution in [-0.2, 0) is 16.0 Å². The molecule has 1 aliphatic rings. The molecule has 120 valence electrons. The van der Waals surface area contributed by atoms with Crippen LogP contribution < -0.4 is 5.32 Å². The molecule has 7 heteroatoms. The number of hydrogen-bond donors (Lipinski definition) is 1. The first-order valence-corrected chi connectivity index (χ1v) is 8.33. The normalized spacial score (nSPS) is 16.6. The predicted octanol–water partition coefficient (Wildman–Crippen LogP) is 3.71. The first-order chi connectivity index (χ1) is 11.1. The van der Waals surface area contributed by atoms with Gasteiger partial charge < -0.3 is 15.0 Å². The van der Waals surface area contributed by atoms with E-state index in [1.54, 1.807) is 35.6 Å². The zero-order valence-corrected chi connectivity index (χ0v) is 14.0. The fraction of sp³-hybridized carbons (Fsp3) is 0.250. The maximum atomic E-state index is 12.6. The van der Waals surface area contributed by atoms with Crippen molar-refractivity contribution >= 4 is 40.6 Å². The maximum absolute atomic E-state index is 12.6. The Morgan fingerprint density at radius 3 is 2.74 bits per heavy atom. The van der Waals surface area contributed by atoms with Crippen LogP contribution in [0.2, 0.25) is 5.02 Å². The molecule has 1 atom stereocenters. The van der Waals surface area contributed by atoms with Crippen molar-refractivity contribution in [1.29, 1.82) is 0 Å². The summed E-state index contributed by atoms with van der Waals surface area (Å²) in [5, 5.41) is 5.32. The Kier molecular flexibility index (Phi) is 4.54. The Morgan fingerprint density at radius 2 is 2.04 bits per heavy atom. The van der Waals surface area contributed by atoms with Crippen molar-refractivity contribution in [3.8, 4) is 0 Å².